The summed E-state index contributed by atoms with van der Waals surface area (Å²) in [7, 11) is 0. The first-order chi connectivity index (χ1) is 17.1. The maximum atomic E-state index is 13.1. The van der Waals surface area contributed by atoms with Crippen molar-refractivity contribution in [2.75, 3.05) is 11.9 Å². The van der Waals surface area contributed by atoms with Gasteiger partial charge >= 0.3 is 0 Å². The summed E-state index contributed by atoms with van der Waals surface area (Å²) in [6, 6.07) is 28.1. The van der Waals surface area contributed by atoms with Gasteiger partial charge in [-0.2, -0.15) is 0 Å². The Kier molecular flexibility index (Phi) is 10.2. The molecular weight excluding hydrogens is 538 g/mol. The van der Waals surface area contributed by atoms with Crippen molar-refractivity contribution >= 4 is 39.9 Å². The number of aromatic nitrogens is 1. The zero-order chi connectivity index (χ0) is 24.5. The lowest BCUT2D eigenvalue weighted by Gasteiger charge is -2.10. The van der Waals surface area contributed by atoms with Crippen LogP contribution in [0.1, 0.15) is 34.1 Å². The quantitative estimate of drug-likeness (QED) is 0.284. The lowest BCUT2D eigenvalue weighted by Crippen LogP contribution is -2.33. The zero-order valence-electron chi connectivity index (χ0n) is 19.9. The predicted molar refractivity (Wildman–Crippen MR) is 150 cm³/mol. The second kappa shape index (κ2) is 13.6. The number of carbonyl (C=O) groups is 1. The fourth-order valence-electron chi connectivity index (χ4n) is 3.40. The van der Waals surface area contributed by atoms with Crippen molar-refractivity contribution in [2.45, 2.75) is 26.4 Å². The lowest BCUT2D eigenvalue weighted by molar-refractivity contribution is 0.103. The summed E-state index contributed by atoms with van der Waals surface area (Å²) in [6.07, 6.45) is 0.924. The maximum absolute atomic E-state index is 13.1. The molecule has 0 saturated heterocycles. The van der Waals surface area contributed by atoms with Crippen molar-refractivity contribution in [1.82, 2.24) is 4.57 Å². The predicted octanol–water partition coefficient (Wildman–Crippen LogP) is 5.68. The van der Waals surface area contributed by atoms with Crippen LogP contribution < -0.4 is 20.4 Å². The highest BCUT2D eigenvalue weighted by molar-refractivity contribution is 8.93. The molecule has 186 valence electrons. The number of nitrogens with zero attached hydrogens (tertiary/aromatic N) is 2. The van der Waals surface area contributed by atoms with Crippen molar-refractivity contribution in [3.8, 4) is 5.75 Å². The van der Waals surface area contributed by atoms with Crippen LogP contribution in [0, 0.1) is 0 Å². The van der Waals surface area contributed by atoms with Gasteiger partial charge < -0.3 is 10.1 Å². The van der Waals surface area contributed by atoms with E-state index in [1.807, 2.05) is 79.7 Å². The molecule has 1 N–H and O–H groups in total. The molecule has 0 aliphatic rings. The summed E-state index contributed by atoms with van der Waals surface area (Å²) < 4.78 is 7.20. The Hall–Kier alpha value is -3.49. The highest BCUT2D eigenvalue weighted by Crippen LogP contribution is 2.17. The molecule has 0 atom stereocenters. The fraction of sp³-hybridized carbons (Fsp3) is 0.179. The molecule has 8 heteroatoms. The molecule has 0 bridgehead atoms. The fourth-order valence-corrected chi connectivity index (χ4v) is 4.29. The SMILES string of the molecule is Br.CCCOc1ccc(NC(=O)c2cc(=O)n(Cc3ccccc3)c(=NCc3ccccc3)s2)cc1. The topological polar surface area (TPSA) is 72.7 Å². The number of halogens is 1. The van der Waals surface area contributed by atoms with Gasteiger partial charge in [-0.3, -0.25) is 19.1 Å². The zero-order valence-corrected chi connectivity index (χ0v) is 22.5. The van der Waals surface area contributed by atoms with Crippen LogP contribution in [0.2, 0.25) is 0 Å². The van der Waals surface area contributed by atoms with Crippen LogP contribution >= 0.6 is 28.3 Å². The van der Waals surface area contributed by atoms with Crippen molar-refractivity contribution in [3.05, 3.63) is 122 Å². The van der Waals surface area contributed by atoms with E-state index in [4.69, 9.17) is 9.73 Å². The Labute approximate surface area is 224 Å². The number of rotatable bonds is 9. The van der Waals surface area contributed by atoms with E-state index >= 15 is 0 Å². The smallest absolute Gasteiger partial charge is 0.266 e. The summed E-state index contributed by atoms with van der Waals surface area (Å²) in [6.45, 7) is 3.48. The molecule has 0 fully saturated rings. The number of anilines is 1. The van der Waals surface area contributed by atoms with Gasteiger partial charge in [0.05, 0.1) is 19.7 Å². The van der Waals surface area contributed by atoms with Crippen LogP contribution in [0.3, 0.4) is 0 Å². The Morgan fingerprint density at radius 2 is 1.58 bits per heavy atom. The number of ether oxygens (including phenoxy) is 1. The van der Waals surface area contributed by atoms with Crippen LogP contribution in [0.4, 0.5) is 5.69 Å². The Bertz CT molecular complexity index is 1390. The van der Waals surface area contributed by atoms with Crippen molar-refractivity contribution in [3.63, 3.8) is 0 Å². The van der Waals surface area contributed by atoms with E-state index in [2.05, 4.69) is 5.32 Å². The Morgan fingerprint density at radius 3 is 2.22 bits per heavy atom. The van der Waals surface area contributed by atoms with Gasteiger partial charge in [0.2, 0.25) is 0 Å². The summed E-state index contributed by atoms with van der Waals surface area (Å²) in [4.78, 5) is 31.6. The first-order valence-corrected chi connectivity index (χ1v) is 12.3. The highest BCUT2D eigenvalue weighted by Gasteiger charge is 2.12. The second-order valence-corrected chi connectivity index (χ2v) is 8.94. The van der Waals surface area contributed by atoms with Crippen LogP contribution in [-0.2, 0) is 13.1 Å². The number of hydrogen-bond donors (Lipinski definition) is 1. The summed E-state index contributed by atoms with van der Waals surface area (Å²) >= 11 is 1.20. The Balaban J connectivity index is 0.00000361. The average molecular weight is 567 g/mol. The van der Waals surface area contributed by atoms with Crippen LogP contribution in [0.5, 0.6) is 5.75 Å². The average Bonchev–Trinajstić information content (AvgIpc) is 2.89. The van der Waals surface area contributed by atoms with Gasteiger partial charge in [0.15, 0.2) is 4.80 Å². The largest absolute Gasteiger partial charge is 0.494 e. The molecule has 0 spiro atoms. The normalized spacial score (nSPS) is 11.0. The summed E-state index contributed by atoms with van der Waals surface area (Å²) in [5.41, 5.74) is 2.37. The van der Waals surface area contributed by atoms with E-state index in [0.717, 1.165) is 23.3 Å². The molecule has 1 amide bonds. The first kappa shape index (κ1) is 27.1. The molecule has 36 heavy (non-hydrogen) atoms. The van der Waals surface area contributed by atoms with Gasteiger partial charge in [0.1, 0.15) is 10.6 Å². The molecule has 3 aromatic carbocycles. The minimum atomic E-state index is -0.350. The third-order valence-electron chi connectivity index (χ3n) is 5.18. The van der Waals surface area contributed by atoms with Crippen LogP contribution in [0.25, 0.3) is 0 Å². The van der Waals surface area contributed by atoms with Gasteiger partial charge in [-0.1, -0.05) is 78.9 Å². The molecule has 0 unspecified atom stereocenters. The van der Waals surface area contributed by atoms with E-state index in [-0.39, 0.29) is 28.4 Å². The molecule has 0 aliphatic carbocycles. The van der Waals surface area contributed by atoms with E-state index in [1.54, 1.807) is 16.7 Å². The number of hydrogen-bond acceptors (Lipinski definition) is 5. The minimum Gasteiger partial charge on any atom is -0.494 e. The van der Waals surface area contributed by atoms with Gasteiger partial charge in [0.25, 0.3) is 11.5 Å². The standard InChI is InChI=1S/C28H27N3O3S.BrH/c1-2-17-34-24-15-13-23(14-16-24)30-27(33)25-18-26(32)31(20-22-11-7-4-8-12-22)28(35-25)29-19-21-9-5-3-6-10-21;/h3-16,18H,2,17,19-20H2,1H3,(H,30,33);1H. The van der Waals surface area contributed by atoms with E-state index in [0.29, 0.717) is 35.1 Å². The maximum Gasteiger partial charge on any atom is 0.266 e. The molecule has 4 aromatic rings. The van der Waals surface area contributed by atoms with Gasteiger partial charge in [-0.15, -0.1) is 17.0 Å². The third-order valence-corrected chi connectivity index (χ3v) is 6.24. The van der Waals surface area contributed by atoms with Gasteiger partial charge in [-0.25, -0.2) is 0 Å². The van der Waals surface area contributed by atoms with Crippen LogP contribution in [-0.4, -0.2) is 17.1 Å². The lowest BCUT2D eigenvalue weighted by atomic mass is 10.2. The minimum absolute atomic E-state index is 0. The van der Waals surface area contributed by atoms with Gasteiger partial charge in [0, 0.05) is 11.8 Å². The molecule has 0 radical (unpaired) electrons. The number of nitrogens with one attached hydrogen (secondary N) is 1. The highest BCUT2D eigenvalue weighted by atomic mass is 79.9. The van der Waals surface area contributed by atoms with Crippen LogP contribution in [0.15, 0.2) is 101 Å². The molecule has 0 aliphatic heterocycles. The van der Waals surface area contributed by atoms with E-state index < -0.39 is 0 Å². The van der Waals surface area contributed by atoms with E-state index in [9.17, 15) is 9.59 Å². The van der Waals surface area contributed by atoms with Crippen molar-refractivity contribution in [2.24, 2.45) is 4.99 Å². The van der Waals surface area contributed by atoms with Crippen molar-refractivity contribution in [1.29, 1.82) is 0 Å². The molecule has 4 rings (SSSR count). The van der Waals surface area contributed by atoms with E-state index in [1.165, 1.54) is 17.4 Å². The number of carbonyl (C=O) groups excluding carboxylic acids is 1. The Morgan fingerprint density at radius 1 is 0.944 bits per heavy atom. The van der Waals surface area contributed by atoms with Gasteiger partial charge in [-0.05, 0) is 41.8 Å². The van der Waals surface area contributed by atoms with Crippen molar-refractivity contribution < 1.29 is 9.53 Å². The summed E-state index contributed by atoms with van der Waals surface area (Å²) in [5.74, 6) is 0.399. The monoisotopic (exact) mass is 565 g/mol. The molecule has 6 nitrogen and oxygen atoms in total. The first-order valence-electron chi connectivity index (χ1n) is 11.5. The summed E-state index contributed by atoms with van der Waals surface area (Å²) in [5, 5.41) is 2.87. The molecule has 0 saturated carbocycles. The number of benzene rings is 3. The molecule has 1 aromatic heterocycles. The second-order valence-electron chi connectivity index (χ2n) is 7.93. The molecular formula is C28H28BrN3O3S. The third kappa shape index (κ3) is 7.50. The number of amides is 1. The molecule has 1 heterocycles.